The highest BCUT2D eigenvalue weighted by Gasteiger charge is 2.05. The van der Waals surface area contributed by atoms with Gasteiger partial charge in [-0.1, -0.05) is 65.2 Å². The topological polar surface area (TPSA) is 21.3 Å². The lowest BCUT2D eigenvalue weighted by Gasteiger charge is -2.16. The third kappa shape index (κ3) is 14.1. The zero-order valence-corrected chi connectivity index (χ0v) is 13.7. The first-order valence-electron chi connectivity index (χ1n) is 8.60. The molecule has 0 aromatic heterocycles. The Morgan fingerprint density at radius 2 is 1.37 bits per heavy atom. The lowest BCUT2D eigenvalue weighted by Crippen LogP contribution is -2.26. The first-order valence-corrected chi connectivity index (χ1v) is 8.60. The van der Waals surface area contributed by atoms with Crippen LogP contribution in [-0.2, 0) is 4.74 Å². The van der Waals surface area contributed by atoms with Crippen molar-refractivity contribution >= 4 is 0 Å². The van der Waals surface area contributed by atoms with E-state index in [-0.39, 0.29) is 0 Å². The first kappa shape index (κ1) is 18.9. The van der Waals surface area contributed by atoms with Crippen molar-refractivity contribution in [2.75, 3.05) is 20.3 Å². The summed E-state index contributed by atoms with van der Waals surface area (Å²) in [5.41, 5.74) is 0. The average molecular weight is 271 g/mol. The summed E-state index contributed by atoms with van der Waals surface area (Å²) in [6, 6.07) is 0.650. The van der Waals surface area contributed by atoms with Gasteiger partial charge in [0.25, 0.3) is 0 Å². The summed E-state index contributed by atoms with van der Waals surface area (Å²) in [4.78, 5) is 0. The second-order valence-electron chi connectivity index (χ2n) is 5.65. The lowest BCUT2D eigenvalue weighted by atomic mass is 10.0. The number of hydrogen-bond donors (Lipinski definition) is 1. The predicted molar refractivity (Wildman–Crippen MR) is 85.8 cm³/mol. The molecule has 0 aromatic rings. The van der Waals surface area contributed by atoms with E-state index < -0.39 is 0 Å². The first-order chi connectivity index (χ1) is 9.35. The van der Waals surface area contributed by atoms with Gasteiger partial charge >= 0.3 is 0 Å². The molecule has 1 N–H and O–H groups in total. The van der Waals surface area contributed by atoms with Gasteiger partial charge in [-0.2, -0.15) is 0 Å². The highest BCUT2D eigenvalue weighted by molar-refractivity contribution is 4.64. The van der Waals surface area contributed by atoms with E-state index in [1.54, 1.807) is 0 Å². The van der Waals surface area contributed by atoms with Gasteiger partial charge < -0.3 is 10.1 Å². The van der Waals surface area contributed by atoms with Crippen LogP contribution >= 0.6 is 0 Å². The molecule has 0 aromatic carbocycles. The molecule has 116 valence electrons. The summed E-state index contributed by atoms with van der Waals surface area (Å²) < 4.78 is 5.56. The summed E-state index contributed by atoms with van der Waals surface area (Å²) in [5, 5.41) is 3.42. The monoisotopic (exact) mass is 271 g/mol. The Morgan fingerprint density at radius 3 is 1.95 bits per heavy atom. The molecule has 0 aliphatic rings. The Hall–Kier alpha value is -0.0800. The van der Waals surface area contributed by atoms with E-state index in [9.17, 15) is 0 Å². The molecule has 2 heteroatoms. The zero-order valence-electron chi connectivity index (χ0n) is 13.7. The maximum atomic E-state index is 5.56. The number of unbranched alkanes of at least 4 members (excludes halogenated alkanes) is 7. The Labute approximate surface area is 121 Å². The molecule has 0 saturated carbocycles. The van der Waals surface area contributed by atoms with Crippen molar-refractivity contribution in [1.82, 2.24) is 5.32 Å². The highest BCUT2D eigenvalue weighted by atomic mass is 16.5. The second-order valence-corrected chi connectivity index (χ2v) is 5.65. The fourth-order valence-corrected chi connectivity index (χ4v) is 2.43. The van der Waals surface area contributed by atoms with Gasteiger partial charge in [0.2, 0.25) is 0 Å². The van der Waals surface area contributed by atoms with Gasteiger partial charge in [-0.05, 0) is 26.3 Å². The molecule has 0 radical (unpaired) electrons. The minimum absolute atomic E-state index is 0.650. The third-order valence-corrected chi connectivity index (χ3v) is 3.77. The molecular formula is C17H37NO. The molecule has 0 aliphatic heterocycles. The summed E-state index contributed by atoms with van der Waals surface area (Å²) >= 11 is 0. The molecule has 0 heterocycles. The van der Waals surface area contributed by atoms with Crippen molar-refractivity contribution < 1.29 is 4.74 Å². The summed E-state index contributed by atoms with van der Waals surface area (Å²) in [5.74, 6) is 0. The van der Waals surface area contributed by atoms with Crippen molar-refractivity contribution in [3.05, 3.63) is 0 Å². The van der Waals surface area contributed by atoms with Crippen LogP contribution in [0.2, 0.25) is 0 Å². The minimum atomic E-state index is 0.650. The molecule has 1 atom stereocenters. The van der Waals surface area contributed by atoms with E-state index in [2.05, 4.69) is 26.2 Å². The average Bonchev–Trinajstić information content (AvgIpc) is 2.44. The maximum Gasteiger partial charge on any atom is 0.0480 e. The van der Waals surface area contributed by atoms with E-state index in [4.69, 9.17) is 4.74 Å². The quantitative estimate of drug-likeness (QED) is 0.427. The fourth-order valence-electron chi connectivity index (χ4n) is 2.43. The van der Waals surface area contributed by atoms with Gasteiger partial charge in [0, 0.05) is 19.3 Å². The Kier molecular flexibility index (Phi) is 15.9. The predicted octanol–water partition coefficient (Wildman–Crippen LogP) is 4.92. The molecule has 0 aliphatic carbocycles. The van der Waals surface area contributed by atoms with Crippen molar-refractivity contribution in [1.29, 1.82) is 0 Å². The van der Waals surface area contributed by atoms with Crippen LogP contribution < -0.4 is 5.32 Å². The van der Waals surface area contributed by atoms with Crippen LogP contribution in [0.4, 0.5) is 0 Å². The summed E-state index contributed by atoms with van der Waals surface area (Å²) in [6.45, 7) is 6.27. The van der Waals surface area contributed by atoms with Gasteiger partial charge in [-0.25, -0.2) is 0 Å². The van der Waals surface area contributed by atoms with Gasteiger partial charge in [0.1, 0.15) is 0 Å². The van der Waals surface area contributed by atoms with E-state index in [0.29, 0.717) is 6.04 Å². The molecule has 0 bridgehead atoms. The van der Waals surface area contributed by atoms with Gasteiger partial charge in [0.15, 0.2) is 0 Å². The van der Waals surface area contributed by atoms with E-state index >= 15 is 0 Å². The Balaban J connectivity index is 3.26. The molecule has 0 rings (SSSR count). The molecule has 1 unspecified atom stereocenters. The molecule has 0 saturated heterocycles. The molecular weight excluding hydrogens is 234 g/mol. The van der Waals surface area contributed by atoms with Crippen LogP contribution in [0.3, 0.4) is 0 Å². The number of rotatable bonds is 15. The second kappa shape index (κ2) is 16.0. The highest BCUT2D eigenvalue weighted by Crippen LogP contribution is 2.11. The van der Waals surface area contributed by atoms with Gasteiger partial charge in [0.05, 0.1) is 0 Å². The van der Waals surface area contributed by atoms with Crippen molar-refractivity contribution in [3.8, 4) is 0 Å². The molecule has 0 fully saturated rings. The van der Waals surface area contributed by atoms with Crippen LogP contribution in [0.1, 0.15) is 84.5 Å². The van der Waals surface area contributed by atoms with Crippen molar-refractivity contribution in [2.45, 2.75) is 90.5 Å². The summed E-state index contributed by atoms with van der Waals surface area (Å²) in [7, 11) is 2.08. The maximum absolute atomic E-state index is 5.56. The lowest BCUT2D eigenvalue weighted by molar-refractivity contribution is 0.124. The van der Waals surface area contributed by atoms with E-state index in [1.807, 2.05) is 0 Å². The van der Waals surface area contributed by atoms with Crippen LogP contribution in [-0.4, -0.2) is 26.3 Å². The Morgan fingerprint density at radius 1 is 0.737 bits per heavy atom. The largest absolute Gasteiger partial charge is 0.381 e. The number of nitrogens with one attached hydrogen (secondary N) is 1. The van der Waals surface area contributed by atoms with Crippen molar-refractivity contribution in [3.63, 3.8) is 0 Å². The number of hydrogen-bond acceptors (Lipinski definition) is 2. The SMILES string of the molecule is CCCCCCCCCCC(CCOCCC)NC. The molecule has 0 spiro atoms. The number of ether oxygens (including phenoxy) is 1. The normalized spacial score (nSPS) is 12.8. The smallest absolute Gasteiger partial charge is 0.0480 e. The zero-order chi connectivity index (χ0) is 14.2. The summed E-state index contributed by atoms with van der Waals surface area (Å²) in [6.07, 6.45) is 14.9. The fraction of sp³-hybridized carbons (Fsp3) is 1.00. The molecule has 0 amide bonds. The van der Waals surface area contributed by atoms with Crippen LogP contribution in [0, 0.1) is 0 Å². The van der Waals surface area contributed by atoms with Gasteiger partial charge in [-0.15, -0.1) is 0 Å². The standard InChI is InChI=1S/C17H37NO/c1-4-6-7-8-9-10-11-12-13-17(18-3)14-16-19-15-5-2/h17-18H,4-16H2,1-3H3. The van der Waals surface area contributed by atoms with Crippen molar-refractivity contribution in [2.24, 2.45) is 0 Å². The Bertz CT molecular complexity index is 161. The van der Waals surface area contributed by atoms with Crippen LogP contribution in [0.25, 0.3) is 0 Å². The van der Waals surface area contributed by atoms with E-state index in [1.165, 1.54) is 57.8 Å². The third-order valence-electron chi connectivity index (χ3n) is 3.77. The van der Waals surface area contributed by atoms with Gasteiger partial charge in [-0.3, -0.25) is 0 Å². The minimum Gasteiger partial charge on any atom is -0.381 e. The van der Waals surface area contributed by atoms with Crippen LogP contribution in [0.15, 0.2) is 0 Å². The molecule has 19 heavy (non-hydrogen) atoms. The van der Waals surface area contributed by atoms with Crippen LogP contribution in [0.5, 0.6) is 0 Å². The van der Waals surface area contributed by atoms with E-state index in [0.717, 1.165) is 26.1 Å². The molecule has 2 nitrogen and oxygen atoms in total.